The van der Waals surface area contributed by atoms with E-state index in [2.05, 4.69) is 22.0 Å². The molecule has 2 heterocycles. The first-order chi connectivity index (χ1) is 13.7. The highest BCUT2D eigenvalue weighted by atomic mass is 79.9. The normalized spacial score (nSPS) is 22.3. The van der Waals surface area contributed by atoms with Gasteiger partial charge in [0, 0.05) is 10.0 Å². The molecule has 1 aliphatic heterocycles. The number of para-hydroxylation sites is 1. The van der Waals surface area contributed by atoms with E-state index in [9.17, 15) is 5.26 Å². The third-order valence-corrected chi connectivity index (χ3v) is 7.30. The SMILES string of the molecule is CC(C)(C)N1C(=N)[C@](C#N)(c2nc3ccccc3s2)[C@@H](c2ccc(Br)cc2)C1=S. The van der Waals surface area contributed by atoms with Gasteiger partial charge in [0.1, 0.15) is 10.8 Å². The highest BCUT2D eigenvalue weighted by Crippen LogP contribution is 2.51. The molecule has 29 heavy (non-hydrogen) atoms. The summed E-state index contributed by atoms with van der Waals surface area (Å²) in [5.41, 5.74) is 0.0685. The van der Waals surface area contributed by atoms with E-state index in [4.69, 9.17) is 22.6 Å². The summed E-state index contributed by atoms with van der Waals surface area (Å²) in [5.74, 6) is -0.257. The zero-order valence-corrected chi connectivity index (χ0v) is 19.5. The summed E-state index contributed by atoms with van der Waals surface area (Å²) in [4.78, 5) is 7.20. The van der Waals surface area contributed by atoms with Gasteiger partial charge in [-0.2, -0.15) is 5.26 Å². The number of nitriles is 1. The summed E-state index contributed by atoms with van der Waals surface area (Å²) < 4.78 is 1.95. The third-order valence-electron chi connectivity index (χ3n) is 5.18. The molecule has 1 aromatic heterocycles. The molecular weight excluding hydrogens is 464 g/mol. The van der Waals surface area contributed by atoms with E-state index in [1.165, 1.54) is 11.3 Å². The Kier molecular flexibility index (Phi) is 4.85. The van der Waals surface area contributed by atoms with Crippen LogP contribution in [0.3, 0.4) is 0 Å². The monoisotopic (exact) mass is 482 g/mol. The summed E-state index contributed by atoms with van der Waals surface area (Å²) in [6.07, 6.45) is 0. The van der Waals surface area contributed by atoms with Gasteiger partial charge in [-0.15, -0.1) is 11.3 Å². The van der Waals surface area contributed by atoms with Crippen LogP contribution in [-0.2, 0) is 5.41 Å². The molecule has 0 unspecified atom stereocenters. The van der Waals surface area contributed by atoms with Crippen molar-refractivity contribution in [2.45, 2.75) is 37.6 Å². The van der Waals surface area contributed by atoms with Crippen LogP contribution in [0.15, 0.2) is 53.0 Å². The van der Waals surface area contributed by atoms with Crippen LogP contribution in [0, 0.1) is 16.7 Å². The number of rotatable bonds is 2. The minimum Gasteiger partial charge on any atom is -0.317 e. The van der Waals surface area contributed by atoms with Crippen LogP contribution in [0.25, 0.3) is 10.2 Å². The first kappa shape index (κ1) is 20.1. The van der Waals surface area contributed by atoms with E-state index in [1.807, 2.05) is 74.2 Å². The predicted octanol–water partition coefficient (Wildman–Crippen LogP) is 6.02. The van der Waals surface area contributed by atoms with Crippen LogP contribution in [-0.4, -0.2) is 26.2 Å². The molecule has 0 amide bonds. The van der Waals surface area contributed by atoms with Crippen LogP contribution in [0.2, 0.25) is 0 Å². The maximum Gasteiger partial charge on any atom is 0.179 e. The number of halogens is 1. The second-order valence-corrected chi connectivity index (χ2v) is 10.4. The fourth-order valence-corrected chi connectivity index (χ4v) is 5.96. The molecule has 7 heteroatoms. The number of aromatic nitrogens is 1. The van der Waals surface area contributed by atoms with Crippen molar-refractivity contribution in [1.29, 1.82) is 10.7 Å². The molecule has 4 rings (SSSR count). The molecular formula is C22H19BrN4S2. The molecule has 1 fully saturated rings. The number of nitrogens with one attached hydrogen (secondary N) is 1. The topological polar surface area (TPSA) is 63.8 Å². The zero-order chi connectivity index (χ0) is 21.0. The molecule has 2 atom stereocenters. The Balaban J connectivity index is 2.01. The van der Waals surface area contributed by atoms with Gasteiger partial charge in [0.05, 0.1) is 27.2 Å². The molecule has 0 bridgehead atoms. The van der Waals surface area contributed by atoms with Gasteiger partial charge < -0.3 is 4.90 Å². The quantitative estimate of drug-likeness (QED) is 0.453. The molecule has 1 N–H and O–H groups in total. The molecule has 0 aliphatic carbocycles. The molecule has 4 nitrogen and oxygen atoms in total. The lowest BCUT2D eigenvalue weighted by atomic mass is 9.75. The van der Waals surface area contributed by atoms with E-state index >= 15 is 0 Å². The zero-order valence-electron chi connectivity index (χ0n) is 16.2. The van der Waals surface area contributed by atoms with E-state index in [1.54, 1.807) is 0 Å². The Morgan fingerprint density at radius 1 is 1.21 bits per heavy atom. The third kappa shape index (κ3) is 3.02. The summed E-state index contributed by atoms with van der Waals surface area (Å²) in [7, 11) is 0. The molecule has 1 aliphatic rings. The van der Waals surface area contributed by atoms with Gasteiger partial charge in [-0.05, 0) is 50.6 Å². The maximum atomic E-state index is 10.5. The van der Waals surface area contributed by atoms with Gasteiger partial charge in [0.25, 0.3) is 0 Å². The van der Waals surface area contributed by atoms with Crippen LogP contribution in [0.4, 0.5) is 0 Å². The number of amidine groups is 1. The molecule has 3 aromatic rings. The minimum absolute atomic E-state index is 0.199. The van der Waals surface area contributed by atoms with Crippen molar-refractivity contribution >= 4 is 60.5 Å². The number of fused-ring (bicyclic) bond motifs is 1. The largest absolute Gasteiger partial charge is 0.317 e. The molecule has 146 valence electrons. The van der Waals surface area contributed by atoms with Gasteiger partial charge in [0.15, 0.2) is 5.41 Å². The standard InChI is InChI=1S/C22H19BrN4S2/c1-21(2,3)27-18(28)17(13-8-10-14(23)11-9-13)22(12-24,19(27)25)20-26-15-6-4-5-7-16(15)29-20/h4-11,17,25H,1-3H3/t17-,22+/m0/s1. The molecule has 0 saturated carbocycles. The summed E-state index contributed by atoms with van der Waals surface area (Å²) in [5, 5.41) is 20.3. The van der Waals surface area contributed by atoms with Crippen molar-refractivity contribution in [3.63, 3.8) is 0 Å². The number of thiocarbonyl (C=S) groups is 1. The fraction of sp³-hybridized carbons (Fsp3) is 0.273. The number of thiazole rings is 1. The molecule has 0 radical (unpaired) electrons. The lowest BCUT2D eigenvalue weighted by molar-refractivity contribution is 0.346. The van der Waals surface area contributed by atoms with E-state index in [0.717, 1.165) is 20.3 Å². The Hall–Kier alpha value is -2.14. The lowest BCUT2D eigenvalue weighted by Crippen LogP contribution is -2.47. The van der Waals surface area contributed by atoms with Crippen LogP contribution in [0.1, 0.15) is 37.3 Å². The van der Waals surface area contributed by atoms with Crippen LogP contribution < -0.4 is 0 Å². The number of hydrogen-bond donors (Lipinski definition) is 1. The minimum atomic E-state index is -1.26. The molecule has 0 spiro atoms. The van der Waals surface area contributed by atoms with E-state index in [-0.39, 0.29) is 5.84 Å². The highest BCUT2D eigenvalue weighted by Gasteiger charge is 2.60. The first-order valence-corrected chi connectivity index (χ1v) is 11.2. The van der Waals surface area contributed by atoms with E-state index < -0.39 is 16.9 Å². The Bertz CT molecular complexity index is 1140. The van der Waals surface area contributed by atoms with Gasteiger partial charge in [-0.1, -0.05) is 52.4 Å². The van der Waals surface area contributed by atoms with E-state index in [0.29, 0.717) is 10.00 Å². The molecule has 1 saturated heterocycles. The van der Waals surface area contributed by atoms with Gasteiger partial charge in [-0.3, -0.25) is 5.41 Å². The maximum absolute atomic E-state index is 10.5. The van der Waals surface area contributed by atoms with Crippen molar-refractivity contribution in [2.75, 3.05) is 0 Å². The Morgan fingerprint density at radius 3 is 2.45 bits per heavy atom. The summed E-state index contributed by atoms with van der Waals surface area (Å²) in [6.45, 7) is 6.04. The van der Waals surface area contributed by atoms with Crippen molar-refractivity contribution in [2.24, 2.45) is 0 Å². The average molecular weight is 483 g/mol. The Morgan fingerprint density at radius 2 is 1.86 bits per heavy atom. The second kappa shape index (κ2) is 6.98. The lowest BCUT2D eigenvalue weighted by Gasteiger charge is -2.34. The number of nitrogens with zero attached hydrogens (tertiary/aromatic N) is 3. The van der Waals surface area contributed by atoms with Crippen LogP contribution in [0.5, 0.6) is 0 Å². The van der Waals surface area contributed by atoms with Crippen molar-refractivity contribution < 1.29 is 0 Å². The number of benzene rings is 2. The first-order valence-electron chi connectivity index (χ1n) is 9.16. The number of hydrogen-bond acceptors (Lipinski definition) is 5. The van der Waals surface area contributed by atoms with Crippen molar-refractivity contribution in [3.8, 4) is 6.07 Å². The molecule has 2 aromatic carbocycles. The smallest absolute Gasteiger partial charge is 0.179 e. The predicted molar refractivity (Wildman–Crippen MR) is 126 cm³/mol. The average Bonchev–Trinajstić information content (AvgIpc) is 3.19. The van der Waals surface area contributed by atoms with Crippen LogP contribution >= 0.6 is 39.5 Å². The fourth-order valence-electron chi connectivity index (χ4n) is 3.88. The van der Waals surface area contributed by atoms with Gasteiger partial charge >= 0.3 is 0 Å². The van der Waals surface area contributed by atoms with Gasteiger partial charge in [-0.25, -0.2) is 4.98 Å². The summed E-state index contributed by atoms with van der Waals surface area (Å²) in [6, 6.07) is 18.1. The van der Waals surface area contributed by atoms with Crippen molar-refractivity contribution in [3.05, 3.63) is 63.6 Å². The number of likely N-dealkylation sites (tertiary alicyclic amines) is 1. The Labute approximate surface area is 187 Å². The second-order valence-electron chi connectivity index (χ2n) is 8.08. The highest BCUT2D eigenvalue weighted by molar-refractivity contribution is 9.10. The van der Waals surface area contributed by atoms with Gasteiger partial charge in [0.2, 0.25) is 0 Å². The van der Waals surface area contributed by atoms with Crippen molar-refractivity contribution in [1.82, 2.24) is 9.88 Å². The summed E-state index contributed by atoms with van der Waals surface area (Å²) >= 11 is 10.8.